The lowest BCUT2D eigenvalue weighted by molar-refractivity contribution is 0.0682. The molecule has 2 saturated heterocycles. The molecule has 1 N–H and O–H groups in total. The number of carbonyl (C=O) groups excluding carboxylic acids is 1. The number of nitrogens with one attached hydrogen (secondary N) is 1. The van der Waals surface area contributed by atoms with Gasteiger partial charge in [0.1, 0.15) is 0 Å². The average Bonchev–Trinajstić information content (AvgIpc) is 2.57. The van der Waals surface area contributed by atoms with Crippen molar-refractivity contribution in [1.82, 2.24) is 10.2 Å². The van der Waals surface area contributed by atoms with Gasteiger partial charge in [-0.3, -0.25) is 4.79 Å². The van der Waals surface area contributed by atoms with Gasteiger partial charge in [-0.2, -0.15) is 0 Å². The van der Waals surface area contributed by atoms with E-state index in [1.54, 1.807) is 11.0 Å². The van der Waals surface area contributed by atoms with E-state index in [9.17, 15) is 13.6 Å². The predicted octanol–water partition coefficient (Wildman–Crippen LogP) is 3.73. The van der Waals surface area contributed by atoms with E-state index >= 15 is 0 Å². The number of rotatable bonds is 2. The van der Waals surface area contributed by atoms with E-state index in [1.807, 2.05) is 0 Å². The van der Waals surface area contributed by atoms with Gasteiger partial charge >= 0.3 is 0 Å². The van der Waals surface area contributed by atoms with Crippen LogP contribution in [0.3, 0.4) is 0 Å². The molecule has 2 aliphatic rings. The van der Waals surface area contributed by atoms with Gasteiger partial charge in [0, 0.05) is 18.7 Å². The number of carbonyl (C=O) groups is 1. The van der Waals surface area contributed by atoms with Crippen molar-refractivity contribution in [3.8, 4) is 0 Å². The van der Waals surface area contributed by atoms with Crippen LogP contribution in [-0.4, -0.2) is 37.0 Å². The summed E-state index contributed by atoms with van der Waals surface area (Å²) in [6, 6.07) is 2.64. The number of hydrogen-bond donors (Lipinski definition) is 1. The molecular weight excluding hydrogens is 334 g/mol. The molecule has 1 unspecified atom stereocenters. The largest absolute Gasteiger partial charge is 0.338 e. The molecule has 0 bridgehead atoms. The van der Waals surface area contributed by atoms with Gasteiger partial charge in [-0.05, 0) is 68.3 Å². The first kappa shape index (κ1) is 19.1. The second-order valence-electron chi connectivity index (χ2n) is 6.88. The van der Waals surface area contributed by atoms with Crippen LogP contribution in [0.1, 0.15) is 54.4 Å². The zero-order valence-electron chi connectivity index (χ0n) is 14.0. The average molecular weight is 359 g/mol. The number of likely N-dealkylation sites (tertiary alicyclic amines) is 1. The lowest BCUT2D eigenvalue weighted by Crippen LogP contribution is -2.39. The van der Waals surface area contributed by atoms with Crippen molar-refractivity contribution in [2.45, 2.75) is 38.5 Å². The highest BCUT2D eigenvalue weighted by atomic mass is 35.5. The summed E-state index contributed by atoms with van der Waals surface area (Å²) in [6.07, 6.45) is 3.63. The Balaban J connectivity index is 0.00000208. The first-order valence-electron chi connectivity index (χ1n) is 8.55. The predicted molar refractivity (Wildman–Crippen MR) is 92.8 cm³/mol. The molecule has 2 heterocycles. The van der Waals surface area contributed by atoms with E-state index in [2.05, 4.69) is 12.2 Å². The topological polar surface area (TPSA) is 32.3 Å². The molecule has 6 heteroatoms. The van der Waals surface area contributed by atoms with Gasteiger partial charge in [-0.1, -0.05) is 6.92 Å². The van der Waals surface area contributed by atoms with Crippen LogP contribution >= 0.6 is 12.4 Å². The van der Waals surface area contributed by atoms with Gasteiger partial charge in [0.05, 0.1) is 0 Å². The highest BCUT2D eigenvalue weighted by molar-refractivity contribution is 5.94. The maximum absolute atomic E-state index is 14.2. The van der Waals surface area contributed by atoms with Crippen LogP contribution in [0.5, 0.6) is 0 Å². The Morgan fingerprint density at radius 1 is 1.21 bits per heavy atom. The molecule has 2 aliphatic heterocycles. The molecule has 1 atom stereocenters. The van der Waals surface area contributed by atoms with Crippen molar-refractivity contribution >= 4 is 18.3 Å². The van der Waals surface area contributed by atoms with Crippen molar-refractivity contribution in [2.75, 3.05) is 26.2 Å². The van der Waals surface area contributed by atoms with Gasteiger partial charge in [0.25, 0.3) is 5.91 Å². The second-order valence-corrected chi connectivity index (χ2v) is 6.88. The maximum Gasteiger partial charge on any atom is 0.253 e. The van der Waals surface area contributed by atoms with Crippen LogP contribution in [0.15, 0.2) is 12.1 Å². The van der Waals surface area contributed by atoms with E-state index in [4.69, 9.17) is 0 Å². The molecule has 0 aliphatic carbocycles. The van der Waals surface area contributed by atoms with Crippen molar-refractivity contribution in [3.05, 3.63) is 34.9 Å². The number of amides is 1. The summed E-state index contributed by atoms with van der Waals surface area (Å²) in [5, 5.41) is 3.22. The SMILES string of the molecule is CC1CCCN(C(=O)c2cc(F)c(F)c(C3CCNCC3)c2)C1.Cl. The van der Waals surface area contributed by atoms with Gasteiger partial charge in [-0.15, -0.1) is 12.4 Å². The molecule has 0 aromatic heterocycles. The number of benzene rings is 1. The molecule has 24 heavy (non-hydrogen) atoms. The normalized spacial score (nSPS) is 22.1. The Hall–Kier alpha value is -1.20. The van der Waals surface area contributed by atoms with Gasteiger partial charge in [0.2, 0.25) is 0 Å². The summed E-state index contributed by atoms with van der Waals surface area (Å²) in [6.45, 7) is 5.11. The fourth-order valence-corrected chi connectivity index (χ4v) is 3.72. The van der Waals surface area contributed by atoms with E-state index < -0.39 is 11.6 Å². The molecule has 0 spiro atoms. The van der Waals surface area contributed by atoms with Crippen LogP contribution in [0.4, 0.5) is 8.78 Å². The van der Waals surface area contributed by atoms with E-state index in [1.165, 1.54) is 0 Å². The number of hydrogen-bond acceptors (Lipinski definition) is 2. The summed E-state index contributed by atoms with van der Waals surface area (Å²) in [7, 11) is 0. The van der Waals surface area contributed by atoms with E-state index in [-0.39, 0.29) is 29.8 Å². The van der Waals surface area contributed by atoms with Crippen molar-refractivity contribution in [3.63, 3.8) is 0 Å². The third-order valence-corrected chi connectivity index (χ3v) is 5.03. The maximum atomic E-state index is 14.2. The Bertz CT molecular complexity index is 591. The molecule has 1 aromatic carbocycles. The minimum absolute atomic E-state index is 0. The first-order chi connectivity index (χ1) is 11.1. The number of nitrogens with zero attached hydrogens (tertiary/aromatic N) is 1. The second kappa shape index (κ2) is 8.26. The monoisotopic (exact) mass is 358 g/mol. The molecule has 3 nitrogen and oxygen atoms in total. The van der Waals surface area contributed by atoms with Crippen LogP contribution in [0.25, 0.3) is 0 Å². The quantitative estimate of drug-likeness (QED) is 0.873. The molecule has 0 saturated carbocycles. The number of halogens is 3. The molecule has 0 radical (unpaired) electrons. The lowest BCUT2D eigenvalue weighted by Gasteiger charge is -2.31. The fraction of sp³-hybridized carbons (Fsp3) is 0.611. The Labute approximate surface area is 148 Å². The molecule has 1 aromatic rings. The van der Waals surface area contributed by atoms with E-state index in [0.29, 0.717) is 24.6 Å². The van der Waals surface area contributed by atoms with Crippen LogP contribution in [0, 0.1) is 17.6 Å². The van der Waals surface area contributed by atoms with Crippen molar-refractivity contribution in [1.29, 1.82) is 0 Å². The van der Waals surface area contributed by atoms with Gasteiger partial charge in [-0.25, -0.2) is 8.78 Å². The van der Waals surface area contributed by atoms with Crippen LogP contribution in [0.2, 0.25) is 0 Å². The summed E-state index contributed by atoms with van der Waals surface area (Å²) in [5.41, 5.74) is 0.645. The third-order valence-electron chi connectivity index (χ3n) is 5.03. The fourth-order valence-electron chi connectivity index (χ4n) is 3.72. The molecule has 134 valence electrons. The van der Waals surface area contributed by atoms with Gasteiger partial charge < -0.3 is 10.2 Å². The molecule has 1 amide bonds. The highest BCUT2D eigenvalue weighted by Gasteiger charge is 2.26. The first-order valence-corrected chi connectivity index (χ1v) is 8.55. The highest BCUT2D eigenvalue weighted by Crippen LogP contribution is 2.30. The lowest BCUT2D eigenvalue weighted by atomic mass is 9.88. The van der Waals surface area contributed by atoms with Crippen molar-refractivity contribution in [2.24, 2.45) is 5.92 Å². The van der Waals surface area contributed by atoms with Crippen LogP contribution in [-0.2, 0) is 0 Å². The molecular formula is C18H25ClF2N2O. The van der Waals surface area contributed by atoms with E-state index in [0.717, 1.165) is 44.8 Å². The summed E-state index contributed by atoms with van der Waals surface area (Å²) in [5.74, 6) is -1.43. The van der Waals surface area contributed by atoms with Gasteiger partial charge in [0.15, 0.2) is 11.6 Å². The zero-order chi connectivity index (χ0) is 16.4. The smallest absolute Gasteiger partial charge is 0.253 e. The van der Waals surface area contributed by atoms with Crippen molar-refractivity contribution < 1.29 is 13.6 Å². The Kier molecular flexibility index (Phi) is 6.58. The summed E-state index contributed by atoms with van der Waals surface area (Å²) < 4.78 is 28.3. The summed E-state index contributed by atoms with van der Waals surface area (Å²) >= 11 is 0. The Morgan fingerprint density at radius 3 is 2.58 bits per heavy atom. The summed E-state index contributed by atoms with van der Waals surface area (Å²) in [4.78, 5) is 14.4. The minimum atomic E-state index is -0.908. The zero-order valence-corrected chi connectivity index (χ0v) is 14.8. The molecule has 2 fully saturated rings. The van der Waals surface area contributed by atoms with Crippen LogP contribution < -0.4 is 5.32 Å². The number of piperidine rings is 2. The standard InChI is InChI=1S/C18H24F2N2O.ClH/c1-12-3-2-8-22(11-12)18(23)14-9-15(17(20)16(19)10-14)13-4-6-21-7-5-13;/h9-10,12-13,21H,2-8,11H2,1H3;1H. The Morgan fingerprint density at radius 2 is 1.92 bits per heavy atom. The molecule has 3 rings (SSSR count). The minimum Gasteiger partial charge on any atom is -0.338 e. The third kappa shape index (κ3) is 4.06.